The number of aromatic nitrogens is 1. The van der Waals surface area contributed by atoms with Crippen molar-refractivity contribution >= 4 is 23.0 Å². The summed E-state index contributed by atoms with van der Waals surface area (Å²) in [4.78, 5) is 16.6. The number of nitrogens with one attached hydrogen (secondary N) is 1. The van der Waals surface area contributed by atoms with Crippen LogP contribution >= 0.6 is 11.3 Å². The highest BCUT2D eigenvalue weighted by Crippen LogP contribution is 2.46. The number of benzene rings is 1. The van der Waals surface area contributed by atoms with Crippen LogP contribution in [0.3, 0.4) is 0 Å². The van der Waals surface area contributed by atoms with Gasteiger partial charge in [-0.1, -0.05) is 6.07 Å². The first-order valence-electron chi connectivity index (χ1n) is 11.8. The van der Waals surface area contributed by atoms with Gasteiger partial charge in [0, 0.05) is 30.0 Å². The third kappa shape index (κ3) is 4.43. The monoisotopic (exact) mass is 456 g/mol. The van der Waals surface area contributed by atoms with E-state index in [1.165, 1.54) is 41.7 Å². The number of hydrogen-bond acceptors (Lipinski definition) is 7. The molecule has 2 aliphatic carbocycles. The van der Waals surface area contributed by atoms with Gasteiger partial charge in [0.1, 0.15) is 11.1 Å². The third-order valence-electron chi connectivity index (χ3n) is 7.09. The first kappa shape index (κ1) is 21.9. The van der Waals surface area contributed by atoms with Crippen LogP contribution in [0.25, 0.3) is 0 Å². The van der Waals surface area contributed by atoms with E-state index in [9.17, 15) is 9.90 Å². The van der Waals surface area contributed by atoms with Crippen molar-refractivity contribution in [2.24, 2.45) is 11.8 Å². The molecular formula is C25H32N2O4S. The lowest BCUT2D eigenvalue weighted by molar-refractivity contribution is -0.0783. The lowest BCUT2D eigenvalue weighted by Crippen LogP contribution is -2.33. The summed E-state index contributed by atoms with van der Waals surface area (Å²) in [5.74, 6) is 0.140. The van der Waals surface area contributed by atoms with Crippen LogP contribution in [0.15, 0.2) is 23.6 Å². The van der Waals surface area contributed by atoms with Crippen molar-refractivity contribution in [3.8, 4) is 0 Å². The molecule has 6 nitrogen and oxygen atoms in total. The summed E-state index contributed by atoms with van der Waals surface area (Å²) in [5.41, 5.74) is 4.45. The van der Waals surface area contributed by atoms with Crippen molar-refractivity contribution in [3.63, 3.8) is 0 Å². The predicted molar refractivity (Wildman–Crippen MR) is 124 cm³/mol. The smallest absolute Gasteiger partial charge is 0.358 e. The molecule has 5 atom stereocenters. The fraction of sp³-hybridized carbons (Fsp3) is 0.600. The van der Waals surface area contributed by atoms with Gasteiger partial charge >= 0.3 is 5.97 Å². The Morgan fingerprint density at radius 3 is 3.00 bits per heavy atom. The SMILES string of the molecule is CC(C)OC(=O)c1csc([C@H]2CC[C@@H]3[C@@H](CNc4ccc5c(c4)CCC5)[C@H](O)C[C@@H]3O2)n1. The van der Waals surface area contributed by atoms with Gasteiger partial charge in [-0.05, 0) is 75.1 Å². The van der Waals surface area contributed by atoms with Crippen LogP contribution in [0, 0.1) is 11.8 Å². The van der Waals surface area contributed by atoms with Crippen LogP contribution in [0.2, 0.25) is 0 Å². The third-order valence-corrected chi connectivity index (χ3v) is 8.02. The lowest BCUT2D eigenvalue weighted by Gasteiger charge is -2.34. The van der Waals surface area contributed by atoms with Gasteiger partial charge in [-0.3, -0.25) is 0 Å². The van der Waals surface area contributed by atoms with Gasteiger partial charge in [0.25, 0.3) is 0 Å². The van der Waals surface area contributed by atoms with Gasteiger partial charge in [-0.25, -0.2) is 9.78 Å². The molecule has 32 heavy (non-hydrogen) atoms. The summed E-state index contributed by atoms with van der Waals surface area (Å²) in [5, 5.41) is 16.9. The van der Waals surface area contributed by atoms with Crippen molar-refractivity contribution < 1.29 is 19.4 Å². The molecule has 0 unspecified atom stereocenters. The van der Waals surface area contributed by atoms with Gasteiger partial charge in [0.15, 0.2) is 5.69 Å². The number of carbonyl (C=O) groups is 1. The minimum absolute atomic E-state index is 0.0329. The normalized spacial score (nSPS) is 29.1. The number of anilines is 1. The molecule has 2 N–H and O–H groups in total. The molecule has 2 aromatic rings. The number of fused-ring (bicyclic) bond motifs is 2. The number of nitrogens with zero attached hydrogens (tertiary/aromatic N) is 1. The van der Waals surface area contributed by atoms with Gasteiger partial charge in [-0.15, -0.1) is 11.3 Å². The molecular weight excluding hydrogens is 424 g/mol. The molecule has 0 spiro atoms. The number of aliphatic hydroxyl groups excluding tert-OH is 1. The zero-order valence-corrected chi connectivity index (χ0v) is 19.6. The first-order valence-corrected chi connectivity index (χ1v) is 12.7. The van der Waals surface area contributed by atoms with Crippen LogP contribution < -0.4 is 5.32 Å². The van der Waals surface area contributed by atoms with Crippen molar-refractivity contribution in [1.29, 1.82) is 0 Å². The van der Waals surface area contributed by atoms with E-state index in [-0.39, 0.29) is 36.3 Å². The van der Waals surface area contributed by atoms with E-state index in [4.69, 9.17) is 9.47 Å². The van der Waals surface area contributed by atoms with Crippen LogP contribution in [0.1, 0.15) is 72.3 Å². The summed E-state index contributed by atoms with van der Waals surface area (Å²) in [7, 11) is 0. The summed E-state index contributed by atoms with van der Waals surface area (Å²) in [6, 6.07) is 6.69. The van der Waals surface area contributed by atoms with Gasteiger partial charge < -0.3 is 19.9 Å². The molecule has 2 fully saturated rings. The summed E-state index contributed by atoms with van der Waals surface area (Å²) >= 11 is 1.45. The Kier molecular flexibility index (Phi) is 6.23. The maximum Gasteiger partial charge on any atom is 0.358 e. The second kappa shape index (κ2) is 9.12. The number of hydrogen-bond donors (Lipinski definition) is 2. The summed E-state index contributed by atoms with van der Waals surface area (Å²) < 4.78 is 11.6. The van der Waals surface area contributed by atoms with Crippen molar-refractivity contribution in [2.45, 2.75) is 76.8 Å². The summed E-state index contributed by atoms with van der Waals surface area (Å²) in [6.45, 7) is 4.42. The molecule has 1 saturated heterocycles. The molecule has 1 aliphatic heterocycles. The number of esters is 1. The van der Waals surface area contributed by atoms with E-state index >= 15 is 0 Å². The first-order chi connectivity index (χ1) is 15.5. The topological polar surface area (TPSA) is 80.7 Å². The van der Waals surface area contributed by atoms with E-state index in [1.54, 1.807) is 5.38 Å². The highest BCUT2D eigenvalue weighted by molar-refractivity contribution is 7.09. The highest BCUT2D eigenvalue weighted by atomic mass is 32.1. The number of aliphatic hydroxyl groups is 1. The Morgan fingerprint density at radius 1 is 1.31 bits per heavy atom. The fourth-order valence-electron chi connectivity index (χ4n) is 5.52. The molecule has 1 saturated carbocycles. The van der Waals surface area contributed by atoms with E-state index in [1.807, 2.05) is 13.8 Å². The molecule has 3 aliphatic rings. The average molecular weight is 457 g/mol. The predicted octanol–water partition coefficient (Wildman–Crippen LogP) is 4.53. The van der Waals surface area contributed by atoms with Crippen LogP contribution in [0.4, 0.5) is 5.69 Å². The summed E-state index contributed by atoms with van der Waals surface area (Å²) in [6.07, 6.45) is 5.52. The molecule has 5 rings (SSSR count). The Bertz CT molecular complexity index is 975. The van der Waals surface area contributed by atoms with E-state index in [2.05, 4.69) is 28.5 Å². The van der Waals surface area contributed by atoms with E-state index in [0.717, 1.165) is 30.1 Å². The van der Waals surface area contributed by atoms with Crippen molar-refractivity contribution in [1.82, 2.24) is 4.98 Å². The van der Waals surface area contributed by atoms with E-state index < -0.39 is 0 Å². The Balaban J connectivity index is 1.19. The largest absolute Gasteiger partial charge is 0.458 e. The zero-order chi connectivity index (χ0) is 22.2. The van der Waals surface area contributed by atoms with Gasteiger partial charge in [-0.2, -0.15) is 0 Å². The molecule has 1 aromatic heterocycles. The molecule has 7 heteroatoms. The highest BCUT2D eigenvalue weighted by Gasteiger charge is 2.46. The van der Waals surface area contributed by atoms with Crippen LogP contribution in [-0.4, -0.2) is 40.9 Å². The molecule has 0 radical (unpaired) electrons. The zero-order valence-electron chi connectivity index (χ0n) is 18.8. The van der Waals surface area contributed by atoms with Crippen LogP contribution in [0.5, 0.6) is 0 Å². The van der Waals surface area contributed by atoms with Gasteiger partial charge in [0.2, 0.25) is 0 Å². The number of rotatable bonds is 6. The molecule has 1 aromatic carbocycles. The minimum Gasteiger partial charge on any atom is -0.458 e. The molecule has 0 bridgehead atoms. The second-order valence-electron chi connectivity index (χ2n) is 9.61. The van der Waals surface area contributed by atoms with Crippen LogP contribution in [-0.2, 0) is 22.3 Å². The fourth-order valence-corrected chi connectivity index (χ4v) is 6.38. The maximum absolute atomic E-state index is 12.1. The minimum atomic E-state index is -0.384. The second-order valence-corrected chi connectivity index (χ2v) is 10.5. The van der Waals surface area contributed by atoms with E-state index in [0.29, 0.717) is 18.0 Å². The quantitative estimate of drug-likeness (QED) is 0.622. The molecule has 172 valence electrons. The van der Waals surface area contributed by atoms with Crippen molar-refractivity contribution in [2.75, 3.05) is 11.9 Å². The number of aryl methyl sites for hydroxylation is 2. The Labute approximate surface area is 193 Å². The standard InChI is InChI=1S/C25H32N2O4S/c1-14(2)30-25(29)20-13-32-24(27-20)22-9-8-18-19(21(28)11-23(18)31-22)12-26-17-7-6-15-4-3-5-16(15)10-17/h6-7,10,13-14,18-19,21-23,26,28H,3-5,8-9,11-12H2,1-2H3/t18-,19-,21-,22-,23+/m1/s1. The van der Waals surface area contributed by atoms with Gasteiger partial charge in [0.05, 0.1) is 18.3 Å². The Hall–Kier alpha value is -1.96. The Morgan fingerprint density at radius 2 is 2.16 bits per heavy atom. The molecule has 2 heterocycles. The van der Waals surface area contributed by atoms with Crippen molar-refractivity contribution in [3.05, 3.63) is 45.4 Å². The number of thiazole rings is 1. The lowest BCUT2D eigenvalue weighted by atomic mass is 9.86. The number of carbonyl (C=O) groups excluding carboxylic acids is 1. The average Bonchev–Trinajstić information content (AvgIpc) is 3.49. The maximum atomic E-state index is 12.1. The number of ether oxygens (including phenoxy) is 2. The molecule has 0 amide bonds.